The van der Waals surface area contributed by atoms with Crippen LogP contribution in [-0.4, -0.2) is 34.4 Å². The van der Waals surface area contributed by atoms with Gasteiger partial charge in [0.05, 0.1) is 18.2 Å². The number of carboxylic acids is 1. The van der Waals surface area contributed by atoms with Crippen molar-refractivity contribution in [1.29, 1.82) is 0 Å². The molecule has 0 bridgehead atoms. The molecule has 0 aromatic rings. The van der Waals surface area contributed by atoms with Crippen LogP contribution in [0.1, 0.15) is 105 Å². The van der Waals surface area contributed by atoms with Gasteiger partial charge in [0.1, 0.15) is 0 Å². The highest BCUT2D eigenvalue weighted by Gasteiger charge is 2.63. The minimum absolute atomic E-state index is 0.0795. The molecule has 0 aromatic carbocycles. The number of hydrogen-bond acceptors (Lipinski definition) is 4. The fourth-order valence-electron chi connectivity index (χ4n) is 8.71. The molecule has 5 heteroatoms. The molecule has 0 radical (unpaired) electrons. The number of fused-ring (bicyclic) bond motifs is 5. The van der Waals surface area contributed by atoms with E-state index in [1.165, 1.54) is 25.7 Å². The number of hydrogen-bond donors (Lipinski definition) is 3. The summed E-state index contributed by atoms with van der Waals surface area (Å²) in [6.45, 7) is 11.2. The average molecular weight is 466 g/mol. The zero-order valence-electron chi connectivity index (χ0n) is 21.9. The van der Waals surface area contributed by atoms with Gasteiger partial charge in [-0.15, -0.1) is 0 Å². The summed E-state index contributed by atoms with van der Waals surface area (Å²) < 4.78 is 0. The Balaban J connectivity index is 0.000000555. The molecular formula is C28H51NO4. The van der Waals surface area contributed by atoms with Gasteiger partial charge in [-0.3, -0.25) is 0 Å². The van der Waals surface area contributed by atoms with Crippen LogP contribution in [0.2, 0.25) is 0 Å². The van der Waals surface area contributed by atoms with E-state index in [1.54, 1.807) is 0 Å². The molecule has 4 aliphatic carbocycles. The second kappa shape index (κ2) is 10.5. The first kappa shape index (κ1) is 26.9. The molecule has 33 heavy (non-hydrogen) atoms. The number of rotatable bonds is 5. The Kier molecular flexibility index (Phi) is 8.60. The van der Waals surface area contributed by atoms with Crippen LogP contribution in [0, 0.1) is 46.3 Å². The van der Waals surface area contributed by atoms with E-state index in [2.05, 4.69) is 40.4 Å². The van der Waals surface area contributed by atoms with Gasteiger partial charge in [0.15, 0.2) is 0 Å². The number of aliphatic carboxylic acids is 1. The lowest BCUT2D eigenvalue weighted by molar-refractivity contribution is -0.414. The minimum Gasteiger partial charge on any atom is -0.550 e. The third-order valence-electron chi connectivity index (χ3n) is 11.0. The Morgan fingerprint density at radius 1 is 1.06 bits per heavy atom. The average Bonchev–Trinajstić information content (AvgIpc) is 3.12. The standard InChI is InChI=1S/C24H40O4.C4H11N/c1-14(4-9-22(27)28)18-7-8-19-17-6-5-15-12-16(25)10-11-23(15,2)20(17)13-21(26)24(18,19)3;1-3-4(2)5/h14-21,25-26H,4-13H2,1-3H3,(H,27,28);4H,3,5H2,1-2H3/t14-,15-,16-,17+,18-,19+,20+,21+,23+,24-;4-/m11/s1. The Morgan fingerprint density at radius 2 is 1.73 bits per heavy atom. The summed E-state index contributed by atoms with van der Waals surface area (Å²) in [6, 6.07) is 0.634. The molecule has 192 valence electrons. The smallest absolute Gasteiger partial charge is 0.0812 e. The lowest BCUT2D eigenvalue weighted by Gasteiger charge is -2.62. The van der Waals surface area contributed by atoms with Crippen molar-refractivity contribution in [3.05, 3.63) is 0 Å². The summed E-state index contributed by atoms with van der Waals surface area (Å²) >= 11 is 0. The molecule has 4 aliphatic rings. The Morgan fingerprint density at radius 3 is 2.33 bits per heavy atom. The van der Waals surface area contributed by atoms with Crippen molar-refractivity contribution in [2.75, 3.05) is 0 Å². The van der Waals surface area contributed by atoms with Crippen molar-refractivity contribution in [2.24, 2.45) is 46.3 Å². The van der Waals surface area contributed by atoms with E-state index in [0.29, 0.717) is 48.0 Å². The predicted molar refractivity (Wildman–Crippen MR) is 129 cm³/mol. The normalized spacial score (nSPS) is 46.1. The van der Waals surface area contributed by atoms with Gasteiger partial charge in [-0.2, -0.15) is 0 Å². The highest BCUT2D eigenvalue weighted by Crippen LogP contribution is 2.68. The van der Waals surface area contributed by atoms with Gasteiger partial charge < -0.3 is 25.8 Å². The number of carboxylic acid groups (broad SMARTS) is 1. The van der Waals surface area contributed by atoms with Crippen molar-refractivity contribution >= 4 is 5.97 Å². The van der Waals surface area contributed by atoms with Crippen molar-refractivity contribution in [2.45, 2.75) is 123 Å². The maximum atomic E-state index is 11.5. The molecule has 11 atom stereocenters. The Hall–Kier alpha value is -0.650. The van der Waals surface area contributed by atoms with Gasteiger partial charge in [-0.05, 0) is 124 Å². The monoisotopic (exact) mass is 465 g/mol. The Bertz CT molecular complexity index is 668. The first-order valence-electron chi connectivity index (χ1n) is 13.8. The first-order chi connectivity index (χ1) is 15.4. The molecule has 0 unspecified atom stereocenters. The quantitative estimate of drug-likeness (QED) is 0.579. The van der Waals surface area contributed by atoms with Crippen LogP contribution < -0.4 is 10.8 Å². The Labute approximate surface area is 201 Å². The van der Waals surface area contributed by atoms with Gasteiger partial charge >= 0.3 is 0 Å². The van der Waals surface area contributed by atoms with E-state index >= 15 is 0 Å². The van der Waals surface area contributed by atoms with Crippen LogP contribution in [0.5, 0.6) is 0 Å². The zero-order valence-corrected chi connectivity index (χ0v) is 21.9. The van der Waals surface area contributed by atoms with E-state index in [0.717, 1.165) is 32.1 Å². The highest BCUT2D eigenvalue weighted by atomic mass is 16.4. The van der Waals surface area contributed by atoms with E-state index < -0.39 is 5.97 Å². The largest absolute Gasteiger partial charge is 0.550 e. The summed E-state index contributed by atoms with van der Waals surface area (Å²) in [5.74, 6) is 2.19. The fraction of sp³-hybridized carbons (Fsp3) is 0.964. The molecule has 0 aliphatic heterocycles. The summed E-state index contributed by atoms with van der Waals surface area (Å²) in [7, 11) is 0. The molecule has 0 amide bonds. The summed E-state index contributed by atoms with van der Waals surface area (Å²) in [5, 5.41) is 32.6. The summed E-state index contributed by atoms with van der Waals surface area (Å²) in [5.41, 5.74) is 3.94. The zero-order chi connectivity index (χ0) is 24.6. The van der Waals surface area contributed by atoms with E-state index in [-0.39, 0.29) is 29.5 Å². The number of aliphatic hydroxyl groups excluding tert-OH is 2. The van der Waals surface area contributed by atoms with Crippen LogP contribution in [0.4, 0.5) is 0 Å². The van der Waals surface area contributed by atoms with Gasteiger partial charge in [-0.1, -0.05) is 27.7 Å². The molecule has 4 saturated carbocycles. The van der Waals surface area contributed by atoms with Crippen molar-refractivity contribution in [3.63, 3.8) is 0 Å². The molecular weight excluding hydrogens is 414 g/mol. The maximum Gasteiger partial charge on any atom is 0.0812 e. The molecule has 4 fully saturated rings. The third-order valence-corrected chi connectivity index (χ3v) is 11.0. The molecule has 4 rings (SSSR count). The van der Waals surface area contributed by atoms with Crippen LogP contribution >= 0.6 is 0 Å². The lowest BCUT2D eigenvalue weighted by atomic mass is 9.43. The second-order valence-corrected chi connectivity index (χ2v) is 12.8. The predicted octanol–water partition coefficient (Wildman–Crippen LogP) is 3.17. The topological polar surface area (TPSA) is 108 Å². The fourth-order valence-corrected chi connectivity index (χ4v) is 8.71. The van der Waals surface area contributed by atoms with Crippen molar-refractivity contribution in [1.82, 2.24) is 0 Å². The van der Waals surface area contributed by atoms with E-state index in [9.17, 15) is 20.1 Å². The highest BCUT2D eigenvalue weighted by molar-refractivity contribution is 5.64. The minimum atomic E-state index is -0.957. The van der Waals surface area contributed by atoms with Gasteiger partial charge in [0.25, 0.3) is 0 Å². The molecule has 5 nitrogen and oxygen atoms in total. The number of aliphatic hydroxyl groups is 2. The van der Waals surface area contributed by atoms with Gasteiger partial charge in [-0.25, -0.2) is 0 Å². The summed E-state index contributed by atoms with van der Waals surface area (Å²) in [6.07, 6.45) is 10.2. The van der Waals surface area contributed by atoms with Gasteiger partial charge in [0, 0.05) is 5.97 Å². The first-order valence-corrected chi connectivity index (χ1v) is 13.8. The number of carbonyl (C=O) groups excluding carboxylic acids is 1. The van der Waals surface area contributed by atoms with Crippen LogP contribution in [0.15, 0.2) is 0 Å². The van der Waals surface area contributed by atoms with Crippen LogP contribution in [-0.2, 0) is 4.79 Å². The second-order valence-electron chi connectivity index (χ2n) is 12.8. The lowest BCUT2D eigenvalue weighted by Crippen LogP contribution is -2.58. The number of carbonyl (C=O) groups is 1. The van der Waals surface area contributed by atoms with Gasteiger partial charge in [0.2, 0.25) is 0 Å². The van der Waals surface area contributed by atoms with Crippen molar-refractivity contribution in [3.8, 4) is 0 Å². The molecule has 5 N–H and O–H groups in total. The molecule has 0 heterocycles. The van der Waals surface area contributed by atoms with E-state index in [1.807, 2.05) is 0 Å². The van der Waals surface area contributed by atoms with Crippen LogP contribution in [0.3, 0.4) is 0 Å². The van der Waals surface area contributed by atoms with E-state index in [4.69, 9.17) is 0 Å². The molecule has 0 spiro atoms. The number of quaternary nitrogens is 1. The SMILES string of the molecule is CC[C@@H](C)[NH3+].C[C@H](CCC(=O)[O-])[C@H]1CC[C@H]2[C@@H]3CC[C@@H]4C[C@H](O)CC[C@]4(C)[C@H]3C[C@H](O)[C@]12C. The van der Waals surface area contributed by atoms with Crippen molar-refractivity contribution < 1.29 is 25.8 Å². The van der Waals surface area contributed by atoms with Crippen LogP contribution in [0.25, 0.3) is 0 Å². The molecule has 0 saturated heterocycles. The molecule has 0 aromatic heterocycles. The third kappa shape index (κ3) is 5.16. The maximum absolute atomic E-state index is 11.5. The summed E-state index contributed by atoms with van der Waals surface area (Å²) in [4.78, 5) is 10.9.